The summed E-state index contributed by atoms with van der Waals surface area (Å²) in [6.07, 6.45) is 13.1. The van der Waals surface area contributed by atoms with Crippen LogP contribution in [0.25, 0.3) is 113 Å². The van der Waals surface area contributed by atoms with Crippen LogP contribution in [0.3, 0.4) is 0 Å². The van der Waals surface area contributed by atoms with Crippen molar-refractivity contribution in [1.29, 1.82) is 21.0 Å². The number of thiophene rings is 3. The maximum absolute atomic E-state index is 11.3. The number of carbonyl (C=O) groups is 4. The van der Waals surface area contributed by atoms with Gasteiger partial charge in [-0.15, -0.1) is 56.0 Å². The lowest BCUT2D eigenvalue weighted by Crippen LogP contribution is -2.26. The van der Waals surface area contributed by atoms with Gasteiger partial charge in [0, 0.05) is 127 Å². The summed E-state index contributed by atoms with van der Waals surface area (Å²) in [6, 6.07) is 59.7. The Balaban J connectivity index is 0.000000125. The molecule has 0 spiro atoms. The Morgan fingerprint density at radius 2 is 0.939 bits per heavy atom. The second-order valence-electron chi connectivity index (χ2n) is 22.8. The molecule has 15 rings (SSSR count). The number of hydrogen-bond acceptors (Lipinski definition) is 17. The van der Waals surface area contributed by atoms with Crippen molar-refractivity contribution in [2.24, 2.45) is 0 Å². The molecule has 480 valence electrons. The fourth-order valence-corrected chi connectivity index (χ4v) is 15.6. The van der Waals surface area contributed by atoms with Gasteiger partial charge in [0.25, 0.3) is 0 Å². The first kappa shape index (κ1) is 66.5. The predicted octanol–water partition coefficient (Wildman–Crippen LogP) is 17.5. The Hall–Kier alpha value is -12.5. The zero-order valence-electron chi connectivity index (χ0n) is 52.3. The molecule has 0 bridgehead atoms. The van der Waals surface area contributed by atoms with Gasteiger partial charge >= 0.3 is 23.9 Å². The number of nitriles is 4. The number of aromatic nitrogens is 6. The smallest absolute Gasteiger partial charge is 0.345 e. The summed E-state index contributed by atoms with van der Waals surface area (Å²) in [4.78, 5) is 60.3. The number of carboxylic acid groups (broad SMARTS) is 4. The molecule has 8 heterocycles. The van der Waals surface area contributed by atoms with E-state index in [-0.39, 0.29) is 17.7 Å². The number of carboxylic acids is 4. The number of aryl methyl sites for hydroxylation is 1. The van der Waals surface area contributed by atoms with Crippen LogP contribution in [0.5, 0.6) is 0 Å². The molecule has 0 unspecified atom stereocenters. The Morgan fingerprint density at radius 3 is 1.38 bits per heavy atom. The van der Waals surface area contributed by atoms with Crippen molar-refractivity contribution in [1.82, 2.24) is 29.5 Å². The molecule has 4 N–H and O–H groups in total. The van der Waals surface area contributed by atoms with E-state index in [1.54, 1.807) is 80.3 Å². The number of aromatic carboxylic acids is 1. The lowest BCUT2D eigenvalue weighted by Gasteiger charge is -2.18. The van der Waals surface area contributed by atoms with E-state index in [4.69, 9.17) is 15.5 Å². The van der Waals surface area contributed by atoms with Crippen molar-refractivity contribution in [3.63, 3.8) is 0 Å². The molecule has 0 aliphatic carbocycles. The van der Waals surface area contributed by atoms with Crippen LogP contribution in [0.4, 0.5) is 0 Å². The number of rotatable bonds is 13. The molecule has 0 radical (unpaired) electrons. The van der Waals surface area contributed by atoms with Crippen LogP contribution in [-0.2, 0) is 27.2 Å². The number of pyridine rings is 4. The van der Waals surface area contributed by atoms with Gasteiger partial charge in [0.1, 0.15) is 9.62 Å². The van der Waals surface area contributed by atoms with Crippen LogP contribution in [-0.4, -0.2) is 78.6 Å². The van der Waals surface area contributed by atoms with E-state index in [0.29, 0.717) is 40.1 Å². The Labute approximate surface area is 580 Å². The van der Waals surface area contributed by atoms with Crippen LogP contribution in [0.1, 0.15) is 61.9 Å². The number of nitrogens with zero attached hydrogens (tertiary/aromatic N) is 10. The Bertz CT molecular complexity index is 5910. The van der Waals surface area contributed by atoms with Crippen molar-refractivity contribution in [3.05, 3.63) is 244 Å². The molecule has 0 aliphatic heterocycles. The van der Waals surface area contributed by atoms with E-state index in [9.17, 15) is 45.2 Å². The highest BCUT2D eigenvalue weighted by molar-refractivity contribution is 8.01. The van der Waals surface area contributed by atoms with Crippen molar-refractivity contribution in [3.8, 4) is 69.0 Å². The second kappa shape index (κ2) is 28.8. The largest absolute Gasteiger partial charge is 0.481 e. The molecule has 15 aromatic rings. The molecule has 0 aliphatic rings. The molecule has 0 saturated heterocycles. The number of hydrogen-bond donors (Lipinski definition) is 4. The fraction of sp³-hybridized carbons (Fsp3) is 0.0779. The first-order valence-corrected chi connectivity index (χ1v) is 33.5. The summed E-state index contributed by atoms with van der Waals surface area (Å²) in [6.45, 7) is 3.33. The highest BCUT2D eigenvalue weighted by atomic mass is 32.2. The zero-order chi connectivity index (χ0) is 69.5. The van der Waals surface area contributed by atoms with E-state index in [0.717, 1.165) is 116 Å². The minimum Gasteiger partial charge on any atom is -0.481 e. The minimum absolute atomic E-state index is 0.00685. The third-order valence-electron chi connectivity index (χ3n) is 16.0. The van der Waals surface area contributed by atoms with Crippen LogP contribution in [0.2, 0.25) is 0 Å². The van der Waals surface area contributed by atoms with Crippen molar-refractivity contribution >= 4 is 138 Å². The lowest BCUT2D eigenvalue weighted by atomic mass is 9.96. The third-order valence-corrected chi connectivity index (χ3v) is 20.8. The van der Waals surface area contributed by atoms with Crippen LogP contribution in [0.15, 0.2) is 212 Å². The summed E-state index contributed by atoms with van der Waals surface area (Å²) in [5.41, 5.74) is 9.81. The summed E-state index contributed by atoms with van der Waals surface area (Å²) < 4.78 is 3.88. The van der Waals surface area contributed by atoms with Crippen LogP contribution in [0, 0.1) is 45.3 Å². The average molecular weight is 1370 g/mol. The van der Waals surface area contributed by atoms with Crippen molar-refractivity contribution in [2.45, 2.75) is 42.8 Å². The molecule has 99 heavy (non-hydrogen) atoms. The maximum Gasteiger partial charge on any atom is 0.345 e. The molecule has 0 saturated carbocycles. The summed E-state index contributed by atoms with van der Waals surface area (Å²) in [5.74, 6) is -2.80. The quantitative estimate of drug-likeness (QED) is 0.0779. The monoisotopic (exact) mass is 1370 g/mol. The minimum atomic E-state index is -0.938. The molecule has 22 heteroatoms. The van der Waals surface area contributed by atoms with Gasteiger partial charge in [0.05, 0.1) is 59.4 Å². The molecule has 0 amide bonds. The highest BCUT2D eigenvalue weighted by Gasteiger charge is 2.29. The van der Waals surface area contributed by atoms with E-state index < -0.39 is 28.6 Å². The molecule has 8 aromatic heterocycles. The van der Waals surface area contributed by atoms with Gasteiger partial charge in [-0.3, -0.25) is 33.7 Å². The normalized spacial score (nSPS) is 11.0. The lowest BCUT2D eigenvalue weighted by molar-refractivity contribution is -0.139. The predicted molar refractivity (Wildman–Crippen MR) is 387 cm³/mol. The van der Waals surface area contributed by atoms with E-state index in [1.807, 2.05) is 156 Å². The molecule has 0 fully saturated rings. The standard InChI is InChI=1S/C21H14N2O2S.C20H12N2O2S.C19H10N2O2S.C17H14N4O2S/c22-10-13-5-7-18(17-4-2-1-3-16(13)17)19-12-23-11-14-9-15(26-21(14)19)6-8-20(24)25;21-9-12-5-6-17(16-4-2-1-3-15(12)16)18-11-22-10-13-7-14(8-19(23)24)25-20(13)18;20-8-11-5-6-15(14-4-2-1-3-13(11)14)16-10-21-9-12-7-17(19(22)23)24-18(12)16;1-17(2,16(22)23)24-13-7-8-14-19-20-15(21(14)10-13)12-5-3-11(9-18)4-6-12/h1-5,7,9,11-12H,6,8H2,(H,24,25);1-7,10-11H,8H2,(H,23,24);1-7,9-10H,(H,22,23);3-8,10H,1-2H3,(H,22,23). The maximum atomic E-state index is 11.3. The Kier molecular flexibility index (Phi) is 19.3. The number of aliphatic carboxylic acids is 3. The SMILES string of the molecule is CC(C)(Sc1ccc2nnc(-c3ccc(C#N)cc3)n2c1)C(=O)O.N#Cc1ccc(-c2cncc3cc(C(=O)O)sc23)c2ccccc12.N#Cc1ccc(-c2cncc3cc(CC(=O)O)sc23)c2ccccc12.N#Cc1ccc(-c2cncc3cc(CCC(=O)O)sc23)c2ccccc12. The van der Waals surface area contributed by atoms with Gasteiger partial charge in [0.2, 0.25) is 0 Å². The highest BCUT2D eigenvalue weighted by Crippen LogP contribution is 2.42. The summed E-state index contributed by atoms with van der Waals surface area (Å²) in [5, 5.41) is 90.1. The van der Waals surface area contributed by atoms with Gasteiger partial charge in [0.15, 0.2) is 11.5 Å². The molecular weight excluding hydrogens is 1320 g/mol. The molecule has 0 atom stereocenters. The van der Waals surface area contributed by atoms with E-state index in [2.05, 4.69) is 49.4 Å². The van der Waals surface area contributed by atoms with Gasteiger partial charge in [-0.1, -0.05) is 91.0 Å². The molecule has 7 aromatic carbocycles. The summed E-state index contributed by atoms with van der Waals surface area (Å²) in [7, 11) is 0. The zero-order valence-corrected chi connectivity index (χ0v) is 55.5. The van der Waals surface area contributed by atoms with Gasteiger partial charge < -0.3 is 20.4 Å². The number of benzene rings is 7. The Morgan fingerprint density at radius 1 is 0.485 bits per heavy atom. The average Bonchev–Trinajstić information content (AvgIpc) is 1.78. The molecule has 18 nitrogen and oxygen atoms in total. The van der Waals surface area contributed by atoms with Gasteiger partial charge in [-0.25, -0.2) is 4.79 Å². The van der Waals surface area contributed by atoms with Crippen LogP contribution < -0.4 is 0 Å². The topological polar surface area (TPSA) is 313 Å². The van der Waals surface area contributed by atoms with Crippen molar-refractivity contribution in [2.75, 3.05) is 0 Å². The first-order chi connectivity index (χ1) is 47.9. The van der Waals surface area contributed by atoms with E-state index >= 15 is 0 Å². The fourth-order valence-electron chi connectivity index (χ4n) is 11.3. The second-order valence-corrected chi connectivity index (χ2v) is 27.8. The van der Waals surface area contributed by atoms with E-state index in [1.165, 1.54) is 34.4 Å². The number of fused-ring (bicyclic) bond motifs is 7. The number of thioether (sulfide) groups is 1. The van der Waals surface area contributed by atoms with Crippen LogP contribution >= 0.6 is 45.8 Å². The first-order valence-electron chi connectivity index (χ1n) is 30.3. The molecular formula is C77H50N10O8S4. The summed E-state index contributed by atoms with van der Waals surface area (Å²) >= 11 is 5.59. The van der Waals surface area contributed by atoms with Crippen molar-refractivity contribution < 1.29 is 39.6 Å². The van der Waals surface area contributed by atoms with Gasteiger partial charge in [-0.05, 0) is 126 Å². The van der Waals surface area contributed by atoms with Gasteiger partial charge in [-0.2, -0.15) is 21.0 Å². The third kappa shape index (κ3) is 14.1.